The summed E-state index contributed by atoms with van der Waals surface area (Å²) in [5.74, 6) is 0.695. The number of furan rings is 1. The summed E-state index contributed by atoms with van der Waals surface area (Å²) in [6.07, 6.45) is 1.53. The Balaban J connectivity index is 1.52. The van der Waals surface area contributed by atoms with Gasteiger partial charge in [0.05, 0.1) is 31.4 Å². The van der Waals surface area contributed by atoms with E-state index in [0.717, 1.165) is 4.88 Å². The van der Waals surface area contributed by atoms with Crippen LogP contribution in [0, 0.1) is 0 Å². The number of thiophene rings is 1. The third-order valence-corrected chi connectivity index (χ3v) is 8.42. The lowest BCUT2D eigenvalue weighted by atomic mass is 10.1. The van der Waals surface area contributed by atoms with Gasteiger partial charge in [-0.05, 0) is 70.9 Å². The second-order valence-electron chi connectivity index (χ2n) is 8.75. The molecule has 0 spiro atoms. The minimum Gasteiger partial charge on any atom is -0.497 e. The smallest absolute Gasteiger partial charge is 0.248 e. The van der Waals surface area contributed by atoms with Crippen LogP contribution in [0.15, 0.2) is 105 Å². The summed E-state index contributed by atoms with van der Waals surface area (Å²) in [7, 11) is -2.64. The second-order valence-corrected chi connectivity index (χ2v) is 11.5. The number of rotatable bonds is 10. The maximum Gasteiger partial charge on any atom is 0.248 e. The van der Waals surface area contributed by atoms with E-state index in [-0.39, 0.29) is 23.5 Å². The van der Waals surface area contributed by atoms with Crippen molar-refractivity contribution in [2.45, 2.75) is 24.0 Å². The number of hydrogen-bond acceptors (Lipinski definition) is 7. The molecule has 2 N–H and O–H groups in total. The van der Waals surface area contributed by atoms with E-state index in [2.05, 4.69) is 9.71 Å². The van der Waals surface area contributed by atoms with Gasteiger partial charge in [-0.3, -0.25) is 9.59 Å². The van der Waals surface area contributed by atoms with Gasteiger partial charge in [-0.1, -0.05) is 18.2 Å². The van der Waals surface area contributed by atoms with E-state index in [1.54, 1.807) is 47.4 Å². The van der Waals surface area contributed by atoms with Gasteiger partial charge in [0.1, 0.15) is 17.6 Å². The Labute approximate surface area is 228 Å². The number of H-pyrrole nitrogens is 1. The lowest BCUT2D eigenvalue weighted by Crippen LogP contribution is -2.42. The molecule has 200 valence electrons. The molecule has 3 aromatic heterocycles. The number of benzene rings is 2. The van der Waals surface area contributed by atoms with Gasteiger partial charge in [-0.25, -0.2) is 8.42 Å². The minimum absolute atomic E-state index is 0.0378. The van der Waals surface area contributed by atoms with Crippen LogP contribution in [0.2, 0.25) is 0 Å². The number of fused-ring (bicyclic) bond motifs is 1. The van der Waals surface area contributed by atoms with Crippen LogP contribution in [0.4, 0.5) is 0 Å². The summed E-state index contributed by atoms with van der Waals surface area (Å²) in [4.78, 5) is 30.9. The molecule has 0 aliphatic heterocycles. The van der Waals surface area contributed by atoms with E-state index in [1.165, 1.54) is 49.0 Å². The molecular weight excluding hydrogens is 538 g/mol. The molecule has 5 rings (SSSR count). The zero-order valence-corrected chi connectivity index (χ0v) is 22.5. The molecule has 0 saturated heterocycles. The molecule has 3 heterocycles. The fourth-order valence-electron chi connectivity index (χ4n) is 4.16. The molecule has 39 heavy (non-hydrogen) atoms. The highest BCUT2D eigenvalue weighted by molar-refractivity contribution is 7.89. The van der Waals surface area contributed by atoms with Gasteiger partial charge < -0.3 is 19.0 Å². The van der Waals surface area contributed by atoms with Crippen molar-refractivity contribution in [2.75, 3.05) is 7.11 Å². The SMILES string of the molecule is COc1ccc([C@H](NS(=O)(=O)c2ccc3[nH]c(=O)ccc3c2)C(=O)N(Cc2ccco2)Cc2cccs2)cc1. The first kappa shape index (κ1) is 26.4. The fourth-order valence-corrected chi connectivity index (χ4v) is 6.09. The predicted octanol–water partition coefficient (Wildman–Crippen LogP) is 4.44. The predicted molar refractivity (Wildman–Crippen MR) is 148 cm³/mol. The molecule has 9 nitrogen and oxygen atoms in total. The number of hydrogen-bond donors (Lipinski definition) is 2. The number of pyridine rings is 1. The van der Waals surface area contributed by atoms with Crippen LogP contribution in [0.3, 0.4) is 0 Å². The number of nitrogens with one attached hydrogen (secondary N) is 2. The third kappa shape index (κ3) is 6.11. The highest BCUT2D eigenvalue weighted by Crippen LogP contribution is 2.26. The average molecular weight is 564 g/mol. The number of amides is 1. The highest BCUT2D eigenvalue weighted by atomic mass is 32.2. The topological polar surface area (TPSA) is 122 Å². The number of nitrogens with zero attached hydrogens (tertiary/aromatic N) is 1. The molecule has 5 aromatic rings. The van der Waals surface area contributed by atoms with E-state index in [4.69, 9.17) is 9.15 Å². The van der Waals surface area contributed by atoms with Crippen LogP contribution in [-0.2, 0) is 27.9 Å². The van der Waals surface area contributed by atoms with Crippen molar-refractivity contribution in [1.29, 1.82) is 0 Å². The van der Waals surface area contributed by atoms with Crippen molar-refractivity contribution in [3.05, 3.63) is 117 Å². The summed E-state index contributed by atoms with van der Waals surface area (Å²) < 4.78 is 40.6. The van der Waals surface area contributed by atoms with Crippen molar-refractivity contribution < 1.29 is 22.4 Å². The van der Waals surface area contributed by atoms with Gasteiger partial charge in [0.15, 0.2) is 0 Å². The first-order valence-corrected chi connectivity index (χ1v) is 14.3. The van der Waals surface area contributed by atoms with Crippen LogP contribution in [0.1, 0.15) is 22.2 Å². The molecule has 0 bridgehead atoms. The summed E-state index contributed by atoms with van der Waals surface area (Å²) >= 11 is 1.50. The largest absolute Gasteiger partial charge is 0.497 e. The maximum atomic E-state index is 14.1. The highest BCUT2D eigenvalue weighted by Gasteiger charge is 2.32. The molecular formula is C28H25N3O6S2. The molecule has 1 amide bonds. The van der Waals surface area contributed by atoms with E-state index in [1.807, 2.05) is 17.5 Å². The fraction of sp³-hybridized carbons (Fsp3) is 0.143. The molecule has 0 aliphatic carbocycles. The van der Waals surface area contributed by atoms with Crippen LogP contribution in [0.25, 0.3) is 10.9 Å². The Kier molecular flexibility index (Phi) is 7.64. The number of aromatic nitrogens is 1. The van der Waals surface area contributed by atoms with Gasteiger partial charge in [0, 0.05) is 16.5 Å². The number of sulfonamides is 1. The number of aromatic amines is 1. The Morgan fingerprint density at radius 2 is 1.87 bits per heavy atom. The molecule has 11 heteroatoms. The molecule has 0 saturated carbocycles. The lowest BCUT2D eigenvalue weighted by molar-refractivity contribution is -0.134. The summed E-state index contributed by atoms with van der Waals surface area (Å²) in [6, 6.07) is 20.0. The number of ether oxygens (including phenoxy) is 1. The summed E-state index contributed by atoms with van der Waals surface area (Å²) in [5.41, 5.74) is 0.665. The van der Waals surface area contributed by atoms with Crippen molar-refractivity contribution in [1.82, 2.24) is 14.6 Å². The van der Waals surface area contributed by atoms with Crippen molar-refractivity contribution in [2.24, 2.45) is 0 Å². The van der Waals surface area contributed by atoms with E-state index < -0.39 is 22.0 Å². The molecule has 0 aliphatic rings. The summed E-state index contributed by atoms with van der Waals surface area (Å²) in [5, 5.41) is 2.46. The number of carbonyl (C=O) groups is 1. The standard InChI is InChI=1S/C28H25N3O6S2/c1-36-21-9-6-19(7-10-21)27(28(33)31(17-22-4-2-14-37-22)18-23-5-3-15-38-23)30-39(34,35)24-11-12-25-20(16-24)8-13-26(32)29-25/h2-16,27,30H,17-18H2,1H3,(H,29,32)/t27-/m0/s1. The van der Waals surface area contributed by atoms with Gasteiger partial charge in [0.25, 0.3) is 0 Å². The molecule has 0 radical (unpaired) electrons. The second kappa shape index (κ2) is 11.3. The molecule has 1 atom stereocenters. The van der Waals surface area contributed by atoms with Crippen LogP contribution in [-0.4, -0.2) is 31.3 Å². The molecule has 2 aromatic carbocycles. The van der Waals surface area contributed by atoms with Crippen LogP contribution >= 0.6 is 11.3 Å². The number of methoxy groups -OCH3 is 1. The van der Waals surface area contributed by atoms with Crippen LogP contribution < -0.4 is 15.0 Å². The zero-order chi connectivity index (χ0) is 27.4. The van der Waals surface area contributed by atoms with Gasteiger partial charge in [0.2, 0.25) is 21.5 Å². The zero-order valence-electron chi connectivity index (χ0n) is 20.9. The maximum absolute atomic E-state index is 14.1. The summed E-state index contributed by atoms with van der Waals surface area (Å²) in [6.45, 7) is 0.427. The average Bonchev–Trinajstić information content (AvgIpc) is 3.65. The van der Waals surface area contributed by atoms with E-state index in [9.17, 15) is 18.0 Å². The Morgan fingerprint density at radius 3 is 2.56 bits per heavy atom. The molecule has 0 fully saturated rings. The van der Waals surface area contributed by atoms with E-state index >= 15 is 0 Å². The van der Waals surface area contributed by atoms with Gasteiger partial charge in [-0.15, -0.1) is 11.3 Å². The Hall–Kier alpha value is -4.19. The first-order chi connectivity index (χ1) is 18.8. The van der Waals surface area contributed by atoms with Gasteiger partial charge in [-0.2, -0.15) is 4.72 Å². The quantitative estimate of drug-likeness (QED) is 0.259. The number of carbonyl (C=O) groups excluding carboxylic acids is 1. The lowest BCUT2D eigenvalue weighted by Gasteiger charge is -2.27. The Bertz CT molecular complexity index is 1690. The van der Waals surface area contributed by atoms with Gasteiger partial charge >= 0.3 is 0 Å². The first-order valence-electron chi connectivity index (χ1n) is 12.0. The third-order valence-electron chi connectivity index (χ3n) is 6.14. The molecule has 0 unspecified atom stereocenters. The van der Waals surface area contributed by atoms with E-state index in [0.29, 0.717) is 28.0 Å². The monoisotopic (exact) mass is 563 g/mol. The Morgan fingerprint density at radius 1 is 1.05 bits per heavy atom. The minimum atomic E-state index is -4.17. The van der Waals surface area contributed by atoms with Crippen molar-refractivity contribution >= 4 is 38.2 Å². The van der Waals surface area contributed by atoms with Crippen molar-refractivity contribution in [3.8, 4) is 5.75 Å². The van der Waals surface area contributed by atoms with Crippen LogP contribution in [0.5, 0.6) is 5.75 Å². The normalized spacial score (nSPS) is 12.3. The van der Waals surface area contributed by atoms with Crippen molar-refractivity contribution in [3.63, 3.8) is 0 Å².